The van der Waals surface area contributed by atoms with Crippen LogP contribution in [0.3, 0.4) is 0 Å². The van der Waals surface area contributed by atoms with Gasteiger partial charge in [0, 0.05) is 40.5 Å². The molecule has 10 nitrogen and oxygen atoms in total. The van der Waals surface area contributed by atoms with Gasteiger partial charge in [0.1, 0.15) is 23.0 Å². The zero-order valence-electron chi connectivity index (χ0n) is 21.2. The third-order valence-corrected chi connectivity index (χ3v) is 8.76. The van der Waals surface area contributed by atoms with Gasteiger partial charge in [-0.05, 0) is 32.8 Å². The van der Waals surface area contributed by atoms with Gasteiger partial charge in [0.25, 0.3) is 0 Å². The standard InChI is InChI=1S/C28H29NO9/c1-10-23(31)14(29)7-17(37-10)38-16-9-28(11(2)30)8-13(28)19-20(16)27(35)22-21(26(19)34)24(32)12-5-4-6-15(36-3)18(12)25(22)33/h4-6,10,13-14,16-17,23,31,34-35H,7-9,29H2,1-3H3/t10-,13-,14-,16-,17+,23-,28+/m1/s1. The van der Waals surface area contributed by atoms with Gasteiger partial charge >= 0.3 is 0 Å². The van der Waals surface area contributed by atoms with Crippen molar-refractivity contribution in [1.82, 2.24) is 0 Å². The smallest absolute Gasteiger partial charge is 0.202 e. The molecule has 1 saturated heterocycles. The zero-order valence-corrected chi connectivity index (χ0v) is 21.2. The third kappa shape index (κ3) is 3.24. The number of nitrogens with two attached hydrogens (primary N) is 1. The summed E-state index contributed by atoms with van der Waals surface area (Å²) in [7, 11) is 1.37. The molecule has 0 aromatic heterocycles. The first-order valence-electron chi connectivity index (χ1n) is 12.7. The topological polar surface area (TPSA) is 166 Å². The average molecular weight is 524 g/mol. The summed E-state index contributed by atoms with van der Waals surface area (Å²) in [6.45, 7) is 3.14. The summed E-state index contributed by atoms with van der Waals surface area (Å²) in [6.07, 6.45) is -2.54. The van der Waals surface area contributed by atoms with Crippen molar-refractivity contribution in [3.05, 3.63) is 51.6 Å². The fourth-order valence-electron chi connectivity index (χ4n) is 6.61. The quantitative estimate of drug-likeness (QED) is 0.373. The van der Waals surface area contributed by atoms with Gasteiger partial charge in [0.05, 0.1) is 42.1 Å². The summed E-state index contributed by atoms with van der Waals surface area (Å²) in [5.74, 6) is -2.53. The van der Waals surface area contributed by atoms with Gasteiger partial charge in [-0.25, -0.2) is 0 Å². The SMILES string of the molecule is COc1cccc2c1C(=O)c1c(O)c3c(c(O)c1C2=O)[C@H]1C[C@@]1(C(C)=O)C[C@H]3O[C@H]1C[C@@H](N)[C@H](O)[C@@H](C)O1. The third-order valence-electron chi connectivity index (χ3n) is 8.76. The number of methoxy groups -OCH3 is 1. The van der Waals surface area contributed by atoms with E-state index in [2.05, 4.69) is 0 Å². The van der Waals surface area contributed by atoms with Crippen LogP contribution in [0.5, 0.6) is 17.2 Å². The molecule has 2 fully saturated rings. The summed E-state index contributed by atoms with van der Waals surface area (Å²) < 4.78 is 17.4. The first-order valence-corrected chi connectivity index (χ1v) is 12.7. The molecule has 2 aromatic rings. The molecule has 0 bridgehead atoms. The molecular weight excluding hydrogens is 494 g/mol. The Bertz CT molecular complexity index is 1410. The molecule has 4 aliphatic rings. The van der Waals surface area contributed by atoms with Gasteiger partial charge in [-0.1, -0.05) is 12.1 Å². The van der Waals surface area contributed by atoms with Crippen molar-refractivity contribution in [2.24, 2.45) is 11.1 Å². The fourth-order valence-corrected chi connectivity index (χ4v) is 6.61. The molecular formula is C28H29NO9. The molecule has 0 amide bonds. The maximum Gasteiger partial charge on any atom is 0.202 e. The number of rotatable bonds is 4. The monoisotopic (exact) mass is 523 g/mol. The number of hydrogen-bond acceptors (Lipinski definition) is 10. The number of fused-ring (bicyclic) bond motifs is 5. The molecule has 1 saturated carbocycles. The van der Waals surface area contributed by atoms with E-state index >= 15 is 0 Å². The van der Waals surface area contributed by atoms with Crippen molar-refractivity contribution in [2.75, 3.05) is 7.11 Å². The molecule has 1 aliphatic heterocycles. The Morgan fingerprint density at radius 3 is 2.42 bits per heavy atom. The lowest BCUT2D eigenvalue weighted by atomic mass is 9.73. The van der Waals surface area contributed by atoms with E-state index in [-0.39, 0.29) is 57.8 Å². The molecule has 6 rings (SSSR count). The van der Waals surface area contributed by atoms with Gasteiger partial charge < -0.3 is 35.3 Å². The van der Waals surface area contributed by atoms with Crippen molar-refractivity contribution in [3.8, 4) is 17.2 Å². The van der Waals surface area contributed by atoms with Crippen LogP contribution in [-0.4, -0.2) is 64.3 Å². The van der Waals surface area contributed by atoms with E-state index in [1.54, 1.807) is 19.1 Å². The Morgan fingerprint density at radius 1 is 1.08 bits per heavy atom. The summed E-state index contributed by atoms with van der Waals surface area (Å²) in [5.41, 5.74) is 5.10. The van der Waals surface area contributed by atoms with Crippen LogP contribution in [-0.2, 0) is 14.3 Å². The second-order valence-corrected chi connectivity index (χ2v) is 10.8. The molecule has 7 atom stereocenters. The van der Waals surface area contributed by atoms with Crippen LogP contribution >= 0.6 is 0 Å². The fraction of sp³-hybridized carbons (Fsp3) is 0.464. The van der Waals surface area contributed by atoms with Crippen LogP contribution in [0.4, 0.5) is 0 Å². The number of aromatic hydroxyl groups is 2. The van der Waals surface area contributed by atoms with Crippen molar-refractivity contribution in [1.29, 1.82) is 0 Å². The largest absolute Gasteiger partial charge is 0.507 e. The maximum atomic E-state index is 13.7. The van der Waals surface area contributed by atoms with Crippen LogP contribution in [0.15, 0.2) is 18.2 Å². The minimum absolute atomic E-state index is 0.00401. The van der Waals surface area contributed by atoms with Crippen LogP contribution in [0.25, 0.3) is 0 Å². The second-order valence-electron chi connectivity index (χ2n) is 10.8. The number of phenolic OH excluding ortho intramolecular Hbond substituents is 2. The van der Waals surface area contributed by atoms with Crippen LogP contribution in [0, 0.1) is 5.41 Å². The van der Waals surface area contributed by atoms with E-state index < -0.39 is 65.0 Å². The number of ketones is 3. The van der Waals surface area contributed by atoms with Gasteiger partial charge in [-0.2, -0.15) is 0 Å². The number of benzene rings is 2. The van der Waals surface area contributed by atoms with Crippen molar-refractivity contribution >= 4 is 17.3 Å². The summed E-state index contributed by atoms with van der Waals surface area (Å²) in [6, 6.07) is 3.97. The molecule has 0 radical (unpaired) electrons. The van der Waals surface area contributed by atoms with Crippen molar-refractivity contribution < 1.29 is 43.9 Å². The van der Waals surface area contributed by atoms with E-state index in [1.165, 1.54) is 20.1 Å². The summed E-state index contributed by atoms with van der Waals surface area (Å²) in [5, 5.41) is 33.3. The Balaban J connectivity index is 1.52. The predicted octanol–water partition coefficient (Wildman–Crippen LogP) is 2.23. The number of carbonyl (C=O) groups excluding carboxylic acids is 3. The van der Waals surface area contributed by atoms with E-state index in [1.807, 2.05) is 0 Å². The van der Waals surface area contributed by atoms with E-state index in [4.69, 9.17) is 19.9 Å². The number of Topliss-reactive ketones (excluding diaryl/α,β-unsaturated/α-hetero) is 1. The second kappa shape index (κ2) is 8.34. The predicted molar refractivity (Wildman–Crippen MR) is 131 cm³/mol. The normalized spacial score (nSPS) is 33.1. The summed E-state index contributed by atoms with van der Waals surface area (Å²) in [4.78, 5) is 40.1. The molecule has 0 unspecified atom stereocenters. The highest BCUT2D eigenvalue weighted by atomic mass is 16.7. The maximum absolute atomic E-state index is 13.7. The highest BCUT2D eigenvalue weighted by molar-refractivity contribution is 6.31. The van der Waals surface area contributed by atoms with E-state index in [0.717, 1.165) is 0 Å². The minimum Gasteiger partial charge on any atom is -0.507 e. The number of aliphatic hydroxyl groups is 1. The molecule has 200 valence electrons. The Hall–Kier alpha value is -3.31. The van der Waals surface area contributed by atoms with Gasteiger partial charge in [-0.3, -0.25) is 14.4 Å². The molecule has 3 aliphatic carbocycles. The molecule has 0 spiro atoms. The molecule has 2 aromatic carbocycles. The molecule has 5 N–H and O–H groups in total. The lowest BCUT2D eigenvalue weighted by Crippen LogP contribution is -2.52. The lowest BCUT2D eigenvalue weighted by Gasteiger charge is -2.40. The summed E-state index contributed by atoms with van der Waals surface area (Å²) >= 11 is 0. The highest BCUT2D eigenvalue weighted by Crippen LogP contribution is 2.71. The van der Waals surface area contributed by atoms with Crippen LogP contribution < -0.4 is 10.5 Å². The lowest BCUT2D eigenvalue weighted by molar-refractivity contribution is -0.243. The highest BCUT2D eigenvalue weighted by Gasteiger charge is 2.65. The van der Waals surface area contributed by atoms with Crippen molar-refractivity contribution in [2.45, 2.75) is 69.7 Å². The molecule has 1 heterocycles. The Morgan fingerprint density at radius 2 is 1.76 bits per heavy atom. The van der Waals surface area contributed by atoms with Crippen LogP contribution in [0.1, 0.15) is 88.1 Å². The molecule has 38 heavy (non-hydrogen) atoms. The minimum atomic E-state index is -0.939. The first kappa shape index (κ1) is 25.0. The van der Waals surface area contributed by atoms with E-state index in [0.29, 0.717) is 6.42 Å². The average Bonchev–Trinajstić information content (AvgIpc) is 3.62. The number of phenols is 2. The van der Waals surface area contributed by atoms with Gasteiger partial charge in [0.2, 0.25) is 5.78 Å². The van der Waals surface area contributed by atoms with Crippen LogP contribution in [0.2, 0.25) is 0 Å². The number of hydrogen-bond donors (Lipinski definition) is 4. The van der Waals surface area contributed by atoms with Gasteiger partial charge in [-0.15, -0.1) is 0 Å². The van der Waals surface area contributed by atoms with E-state index in [9.17, 15) is 29.7 Å². The number of aliphatic hydroxyl groups excluding tert-OH is 1. The Labute approximate surface area is 218 Å². The van der Waals surface area contributed by atoms with Crippen molar-refractivity contribution in [3.63, 3.8) is 0 Å². The number of carbonyl (C=O) groups is 3. The molecule has 10 heteroatoms. The zero-order chi connectivity index (χ0) is 27.3. The first-order chi connectivity index (χ1) is 18.0. The Kier molecular flexibility index (Phi) is 5.49. The number of ether oxygens (including phenoxy) is 3. The van der Waals surface area contributed by atoms with Gasteiger partial charge in [0.15, 0.2) is 12.1 Å².